The highest BCUT2D eigenvalue weighted by molar-refractivity contribution is 7.16. The first-order chi connectivity index (χ1) is 15.4. The van der Waals surface area contributed by atoms with Gasteiger partial charge in [0.25, 0.3) is 0 Å². The van der Waals surface area contributed by atoms with E-state index in [2.05, 4.69) is 10.3 Å². The van der Waals surface area contributed by atoms with Crippen LogP contribution in [0.25, 0.3) is 21.2 Å². The molecule has 2 amide bonds. The zero-order valence-electron chi connectivity index (χ0n) is 17.1. The van der Waals surface area contributed by atoms with Crippen LogP contribution in [0.5, 0.6) is 0 Å². The first-order valence-corrected chi connectivity index (χ1v) is 10.3. The average molecular weight is 451 g/mol. The third-order valence-corrected chi connectivity index (χ3v) is 5.60. The number of benzene rings is 2. The van der Waals surface area contributed by atoms with Gasteiger partial charge in [0.05, 0.1) is 22.7 Å². The fourth-order valence-electron chi connectivity index (χ4n) is 3.14. The molecule has 0 fully saturated rings. The quantitative estimate of drug-likeness (QED) is 0.477. The topological polar surface area (TPSA) is 120 Å². The second-order valence-corrected chi connectivity index (χ2v) is 7.81. The summed E-state index contributed by atoms with van der Waals surface area (Å²) in [5, 5.41) is 3.05. The fourth-order valence-corrected chi connectivity index (χ4v) is 4.20. The van der Waals surface area contributed by atoms with Gasteiger partial charge in [0.15, 0.2) is 16.0 Å². The lowest BCUT2D eigenvalue weighted by Crippen LogP contribution is -2.22. The number of fused-ring (bicyclic) bond motifs is 2. The summed E-state index contributed by atoms with van der Waals surface area (Å²) in [5.41, 5.74) is 1.11. The Morgan fingerprint density at radius 3 is 2.69 bits per heavy atom. The molecule has 0 bridgehead atoms. The van der Waals surface area contributed by atoms with Crippen molar-refractivity contribution in [2.24, 2.45) is 4.99 Å². The van der Waals surface area contributed by atoms with Crippen molar-refractivity contribution in [2.45, 2.75) is 13.5 Å². The van der Waals surface area contributed by atoms with Crippen LogP contribution in [0.3, 0.4) is 0 Å². The summed E-state index contributed by atoms with van der Waals surface area (Å²) in [6.45, 7) is 1.22. The van der Waals surface area contributed by atoms with E-state index in [-0.39, 0.29) is 34.0 Å². The van der Waals surface area contributed by atoms with E-state index in [1.807, 2.05) is 0 Å². The van der Waals surface area contributed by atoms with Gasteiger partial charge < -0.3 is 19.0 Å². The maximum absolute atomic E-state index is 12.8. The minimum Gasteiger partial charge on any atom is -0.468 e. The van der Waals surface area contributed by atoms with Crippen LogP contribution in [0, 0.1) is 0 Å². The van der Waals surface area contributed by atoms with Crippen LogP contribution in [0.1, 0.15) is 17.5 Å². The molecule has 0 saturated carbocycles. The first-order valence-electron chi connectivity index (χ1n) is 9.45. The molecule has 0 atom stereocenters. The first kappa shape index (κ1) is 21.2. The maximum Gasteiger partial charge on any atom is 0.325 e. The number of ether oxygens (including phenoxy) is 1. The lowest BCUT2D eigenvalue weighted by molar-refractivity contribution is -0.141. The zero-order chi connectivity index (χ0) is 22.8. The predicted molar refractivity (Wildman–Crippen MR) is 119 cm³/mol. The minimum atomic E-state index is -0.764. The normalized spacial score (nSPS) is 11.6. The highest BCUT2D eigenvalue weighted by Gasteiger charge is 2.15. The molecule has 0 radical (unpaired) electrons. The summed E-state index contributed by atoms with van der Waals surface area (Å²) in [4.78, 5) is 52.8. The van der Waals surface area contributed by atoms with E-state index in [1.165, 1.54) is 18.6 Å². The van der Waals surface area contributed by atoms with Gasteiger partial charge in [0.2, 0.25) is 5.91 Å². The van der Waals surface area contributed by atoms with Gasteiger partial charge in [0.1, 0.15) is 12.1 Å². The monoisotopic (exact) mass is 451 g/mol. The van der Waals surface area contributed by atoms with E-state index in [4.69, 9.17) is 9.15 Å². The molecule has 1 N–H and O–H groups in total. The van der Waals surface area contributed by atoms with E-state index in [1.54, 1.807) is 42.5 Å². The molecule has 162 valence electrons. The van der Waals surface area contributed by atoms with Crippen molar-refractivity contribution in [3.63, 3.8) is 0 Å². The van der Waals surface area contributed by atoms with Crippen LogP contribution < -0.4 is 15.5 Å². The molecule has 0 unspecified atom stereocenters. The van der Waals surface area contributed by atoms with Crippen molar-refractivity contribution in [2.75, 3.05) is 12.4 Å². The van der Waals surface area contributed by atoms with Gasteiger partial charge in [-0.1, -0.05) is 23.5 Å². The number of nitrogens with one attached hydrogen (secondary N) is 1. The molecular weight excluding hydrogens is 434 g/mol. The number of nitrogens with zero attached hydrogens (tertiary/aromatic N) is 2. The Hall–Kier alpha value is -4.05. The van der Waals surface area contributed by atoms with Gasteiger partial charge in [-0.3, -0.25) is 19.2 Å². The number of thiazole rings is 1. The van der Waals surface area contributed by atoms with Crippen LogP contribution in [0.2, 0.25) is 0 Å². The van der Waals surface area contributed by atoms with Gasteiger partial charge >= 0.3 is 11.9 Å². The fraction of sp³-hybridized carbons (Fsp3) is 0.136. The van der Waals surface area contributed by atoms with Crippen molar-refractivity contribution in [3.8, 4) is 0 Å². The number of carbonyl (C=O) groups excluding carboxylic acids is 3. The van der Waals surface area contributed by atoms with Crippen LogP contribution in [0.4, 0.5) is 5.69 Å². The summed E-state index contributed by atoms with van der Waals surface area (Å²) in [7, 11) is 1.26. The summed E-state index contributed by atoms with van der Waals surface area (Å²) in [6.07, 6.45) is 0. The number of rotatable bonds is 4. The molecule has 4 aromatic rings. The number of carbonyl (C=O) groups is 3. The van der Waals surface area contributed by atoms with Crippen molar-refractivity contribution < 1.29 is 23.5 Å². The number of anilines is 1. The molecule has 0 aliphatic heterocycles. The Labute approximate surface area is 184 Å². The van der Waals surface area contributed by atoms with Crippen LogP contribution >= 0.6 is 11.3 Å². The Kier molecular flexibility index (Phi) is 5.69. The molecule has 2 heterocycles. The Morgan fingerprint density at radius 1 is 1.16 bits per heavy atom. The number of hydrogen-bond donors (Lipinski definition) is 1. The molecule has 0 aliphatic carbocycles. The van der Waals surface area contributed by atoms with E-state index < -0.39 is 11.9 Å². The smallest absolute Gasteiger partial charge is 0.325 e. The number of esters is 1. The lowest BCUT2D eigenvalue weighted by atomic mass is 10.2. The molecule has 0 saturated heterocycles. The third kappa shape index (κ3) is 4.21. The number of methoxy groups -OCH3 is 1. The Morgan fingerprint density at radius 2 is 1.94 bits per heavy atom. The highest BCUT2D eigenvalue weighted by Crippen LogP contribution is 2.22. The van der Waals surface area contributed by atoms with E-state index in [0.29, 0.717) is 21.3 Å². The summed E-state index contributed by atoms with van der Waals surface area (Å²) in [6, 6.07) is 12.8. The van der Waals surface area contributed by atoms with Gasteiger partial charge in [-0.2, -0.15) is 4.99 Å². The van der Waals surface area contributed by atoms with Gasteiger partial charge in [-0.15, -0.1) is 0 Å². The molecule has 0 spiro atoms. The number of para-hydroxylation sites is 1. The molecule has 2 aromatic heterocycles. The van der Waals surface area contributed by atoms with E-state index in [9.17, 15) is 19.2 Å². The largest absolute Gasteiger partial charge is 0.468 e. The number of hydrogen-bond acceptors (Lipinski definition) is 7. The lowest BCUT2D eigenvalue weighted by Gasteiger charge is -2.05. The van der Waals surface area contributed by atoms with Crippen LogP contribution in [-0.2, 0) is 20.9 Å². The maximum atomic E-state index is 12.8. The molecule has 0 aliphatic rings. The zero-order valence-corrected chi connectivity index (χ0v) is 17.9. The van der Waals surface area contributed by atoms with Crippen LogP contribution in [-0.4, -0.2) is 29.5 Å². The SMILES string of the molecule is COC(=O)Cn1c(=NC(=O)c2cc(=O)c3ccccc3o2)sc2cc(NC(C)=O)ccc21. The van der Waals surface area contributed by atoms with Gasteiger partial charge in [-0.25, -0.2) is 0 Å². The van der Waals surface area contributed by atoms with Crippen molar-refractivity contribution in [1.29, 1.82) is 0 Å². The molecule has 32 heavy (non-hydrogen) atoms. The molecule has 4 rings (SSSR count). The number of amides is 2. The van der Waals surface area contributed by atoms with Crippen LogP contribution in [0.15, 0.2) is 62.7 Å². The summed E-state index contributed by atoms with van der Waals surface area (Å²) >= 11 is 1.15. The molecule has 2 aromatic carbocycles. The molecule has 10 heteroatoms. The molecule has 9 nitrogen and oxygen atoms in total. The predicted octanol–water partition coefficient (Wildman–Crippen LogP) is 2.68. The highest BCUT2D eigenvalue weighted by atomic mass is 32.1. The summed E-state index contributed by atoms with van der Waals surface area (Å²) < 4.78 is 12.5. The van der Waals surface area contributed by atoms with Crippen molar-refractivity contribution in [1.82, 2.24) is 4.57 Å². The standard InChI is InChI=1S/C22H17N3O6S/c1-12(26)23-13-7-8-15-19(9-13)32-22(25(15)11-20(28)30-2)24-21(29)18-10-16(27)14-5-3-4-6-17(14)31-18/h3-10H,11H2,1-2H3,(H,23,26). The third-order valence-electron chi connectivity index (χ3n) is 4.56. The number of aromatic nitrogens is 1. The van der Waals surface area contributed by atoms with Crippen molar-refractivity contribution in [3.05, 3.63) is 69.3 Å². The van der Waals surface area contributed by atoms with Crippen molar-refractivity contribution >= 4 is 56.0 Å². The Bertz CT molecular complexity index is 1510. The minimum absolute atomic E-state index is 0.177. The van der Waals surface area contributed by atoms with E-state index >= 15 is 0 Å². The summed E-state index contributed by atoms with van der Waals surface area (Å²) in [5.74, 6) is -1.73. The second-order valence-electron chi connectivity index (χ2n) is 6.80. The van der Waals surface area contributed by atoms with Gasteiger partial charge in [-0.05, 0) is 30.3 Å². The Balaban J connectivity index is 1.85. The average Bonchev–Trinajstić information content (AvgIpc) is 3.09. The van der Waals surface area contributed by atoms with Gasteiger partial charge in [0, 0.05) is 18.7 Å². The molecular formula is C22H17N3O6S. The second kappa shape index (κ2) is 8.60. The van der Waals surface area contributed by atoms with E-state index in [0.717, 1.165) is 17.4 Å².